The summed E-state index contributed by atoms with van der Waals surface area (Å²) in [4.78, 5) is 20.9. The second-order valence-electron chi connectivity index (χ2n) is 7.09. The smallest absolute Gasteiger partial charge is 0.253 e. The van der Waals surface area contributed by atoms with E-state index in [2.05, 4.69) is 38.8 Å². The number of aromatic nitrogens is 5. The first kappa shape index (κ1) is 15.8. The van der Waals surface area contributed by atoms with Crippen LogP contribution in [0, 0.1) is 5.92 Å². The number of hydrogen-bond donors (Lipinski definition) is 1. The predicted molar refractivity (Wildman–Crippen MR) is 94.1 cm³/mol. The molecule has 0 atom stereocenters. The molecule has 1 N–H and O–H groups in total. The monoisotopic (exact) mass is 338 g/mol. The molecule has 3 aromatic rings. The van der Waals surface area contributed by atoms with E-state index >= 15 is 0 Å². The van der Waals surface area contributed by atoms with Crippen LogP contribution in [0.2, 0.25) is 0 Å². The number of pyridine rings is 1. The molecule has 7 nitrogen and oxygen atoms in total. The molecule has 1 amide bonds. The van der Waals surface area contributed by atoms with Crippen LogP contribution in [0.5, 0.6) is 0 Å². The van der Waals surface area contributed by atoms with Gasteiger partial charge >= 0.3 is 0 Å². The van der Waals surface area contributed by atoms with Gasteiger partial charge in [-0.2, -0.15) is 5.10 Å². The van der Waals surface area contributed by atoms with E-state index in [0.717, 1.165) is 30.4 Å². The molecule has 1 aliphatic carbocycles. The maximum absolute atomic E-state index is 12.5. The van der Waals surface area contributed by atoms with Crippen LogP contribution < -0.4 is 5.32 Å². The molecule has 0 aliphatic heterocycles. The van der Waals surface area contributed by atoms with Crippen LogP contribution in [0.3, 0.4) is 0 Å². The van der Waals surface area contributed by atoms with Gasteiger partial charge in [0.1, 0.15) is 0 Å². The quantitative estimate of drug-likeness (QED) is 0.775. The minimum atomic E-state index is -0.0576. The number of fused-ring (bicyclic) bond motifs is 1. The van der Waals surface area contributed by atoms with E-state index < -0.39 is 0 Å². The summed E-state index contributed by atoms with van der Waals surface area (Å²) in [5.74, 6) is 0.544. The molecular weight excluding hydrogens is 316 g/mol. The third-order valence-electron chi connectivity index (χ3n) is 4.78. The number of nitrogens with one attached hydrogen (secondary N) is 1. The molecule has 0 saturated heterocycles. The summed E-state index contributed by atoms with van der Waals surface area (Å²) < 4.78 is 3.95. The molecule has 0 radical (unpaired) electrons. The second-order valence-corrected chi connectivity index (χ2v) is 7.09. The molecule has 0 spiro atoms. The van der Waals surface area contributed by atoms with Gasteiger partial charge in [0, 0.05) is 42.6 Å². The SMILES string of the molecule is CC(C)n1ncc2cc(C(=O)NC3CC(Cn4ccnc4)C3)cnc21. The van der Waals surface area contributed by atoms with Gasteiger partial charge in [-0.05, 0) is 38.7 Å². The second kappa shape index (κ2) is 6.31. The highest BCUT2D eigenvalue weighted by Gasteiger charge is 2.30. The number of hydrogen-bond acceptors (Lipinski definition) is 4. The number of carbonyl (C=O) groups is 1. The van der Waals surface area contributed by atoms with Gasteiger partial charge in [-0.1, -0.05) is 0 Å². The fraction of sp³-hybridized carbons (Fsp3) is 0.444. The Morgan fingerprint density at radius 1 is 1.36 bits per heavy atom. The lowest BCUT2D eigenvalue weighted by Gasteiger charge is -2.36. The molecule has 1 fully saturated rings. The van der Waals surface area contributed by atoms with Gasteiger partial charge in [0.15, 0.2) is 5.65 Å². The van der Waals surface area contributed by atoms with Crippen molar-refractivity contribution >= 4 is 16.9 Å². The Balaban J connectivity index is 1.36. The van der Waals surface area contributed by atoms with Crippen LogP contribution >= 0.6 is 0 Å². The zero-order chi connectivity index (χ0) is 17.4. The molecule has 1 saturated carbocycles. The van der Waals surface area contributed by atoms with Gasteiger partial charge in [0.05, 0.1) is 18.1 Å². The fourth-order valence-corrected chi connectivity index (χ4v) is 3.41. The van der Waals surface area contributed by atoms with Crippen LogP contribution in [-0.2, 0) is 6.54 Å². The third kappa shape index (κ3) is 3.14. The minimum absolute atomic E-state index is 0.0576. The Hall–Kier alpha value is -2.70. The van der Waals surface area contributed by atoms with Gasteiger partial charge < -0.3 is 9.88 Å². The number of nitrogens with zero attached hydrogens (tertiary/aromatic N) is 5. The molecule has 3 aromatic heterocycles. The highest BCUT2D eigenvalue weighted by molar-refractivity contribution is 5.97. The predicted octanol–water partition coefficient (Wildman–Crippen LogP) is 2.42. The Labute approximate surface area is 146 Å². The van der Waals surface area contributed by atoms with E-state index in [1.165, 1.54) is 0 Å². The van der Waals surface area contributed by atoms with Crippen molar-refractivity contribution in [3.63, 3.8) is 0 Å². The van der Waals surface area contributed by atoms with Crippen molar-refractivity contribution in [1.29, 1.82) is 0 Å². The molecule has 7 heteroatoms. The Kier molecular flexibility index (Phi) is 3.99. The van der Waals surface area contributed by atoms with Gasteiger partial charge in [0.2, 0.25) is 0 Å². The molecule has 3 heterocycles. The maximum Gasteiger partial charge on any atom is 0.253 e. The Morgan fingerprint density at radius 2 is 2.20 bits per heavy atom. The van der Waals surface area contributed by atoms with E-state index in [4.69, 9.17) is 0 Å². The standard InChI is InChI=1S/C18H22N6O/c1-12(2)24-17-14(9-21-24)7-15(8-20-17)18(25)22-16-5-13(6-16)10-23-4-3-19-11-23/h3-4,7-9,11-13,16H,5-6,10H2,1-2H3,(H,22,25). The zero-order valence-corrected chi connectivity index (χ0v) is 14.5. The summed E-state index contributed by atoms with van der Waals surface area (Å²) in [5, 5.41) is 8.35. The van der Waals surface area contributed by atoms with Crippen LogP contribution in [0.4, 0.5) is 0 Å². The summed E-state index contributed by atoms with van der Waals surface area (Å²) in [6.45, 7) is 5.09. The van der Waals surface area contributed by atoms with Crippen LogP contribution in [-0.4, -0.2) is 36.3 Å². The van der Waals surface area contributed by atoms with E-state index in [1.54, 1.807) is 18.6 Å². The molecule has 4 rings (SSSR count). The number of imidazole rings is 1. The minimum Gasteiger partial charge on any atom is -0.349 e. The summed E-state index contributed by atoms with van der Waals surface area (Å²) in [5.41, 5.74) is 1.41. The van der Waals surface area contributed by atoms with E-state index in [1.807, 2.05) is 23.3 Å². The van der Waals surface area contributed by atoms with E-state index in [-0.39, 0.29) is 18.0 Å². The zero-order valence-electron chi connectivity index (χ0n) is 14.5. The first-order valence-corrected chi connectivity index (χ1v) is 8.70. The van der Waals surface area contributed by atoms with E-state index in [9.17, 15) is 4.79 Å². The lowest BCUT2D eigenvalue weighted by Crippen LogP contribution is -2.45. The van der Waals surface area contributed by atoms with Crippen molar-refractivity contribution in [1.82, 2.24) is 29.6 Å². The van der Waals surface area contributed by atoms with Crippen molar-refractivity contribution in [3.05, 3.63) is 42.7 Å². The van der Waals surface area contributed by atoms with Gasteiger partial charge in [-0.15, -0.1) is 0 Å². The molecule has 130 valence electrons. The molecule has 0 unspecified atom stereocenters. The highest BCUT2D eigenvalue weighted by Crippen LogP contribution is 2.29. The molecule has 0 aromatic carbocycles. The Morgan fingerprint density at radius 3 is 2.92 bits per heavy atom. The normalized spacial score (nSPS) is 20.0. The number of carbonyl (C=O) groups excluding carboxylic acids is 1. The average Bonchev–Trinajstić information content (AvgIpc) is 3.21. The first-order chi connectivity index (χ1) is 12.1. The van der Waals surface area contributed by atoms with Crippen molar-refractivity contribution in [3.8, 4) is 0 Å². The lowest BCUT2D eigenvalue weighted by atomic mass is 9.80. The van der Waals surface area contributed by atoms with Gasteiger partial charge in [-0.3, -0.25) is 4.79 Å². The Bertz CT molecular complexity index is 876. The van der Waals surface area contributed by atoms with Crippen LogP contribution in [0.25, 0.3) is 11.0 Å². The van der Waals surface area contributed by atoms with Gasteiger partial charge in [-0.25, -0.2) is 14.6 Å². The molecule has 25 heavy (non-hydrogen) atoms. The third-order valence-corrected chi connectivity index (χ3v) is 4.78. The van der Waals surface area contributed by atoms with Crippen molar-refractivity contribution in [2.75, 3.05) is 0 Å². The van der Waals surface area contributed by atoms with Crippen LogP contribution in [0.15, 0.2) is 37.2 Å². The molecule has 1 aliphatic rings. The highest BCUT2D eigenvalue weighted by atomic mass is 16.1. The number of rotatable bonds is 5. The maximum atomic E-state index is 12.5. The largest absolute Gasteiger partial charge is 0.349 e. The van der Waals surface area contributed by atoms with Crippen molar-refractivity contribution in [2.45, 2.75) is 45.3 Å². The lowest BCUT2D eigenvalue weighted by molar-refractivity contribution is 0.0881. The summed E-state index contributed by atoms with van der Waals surface area (Å²) in [6, 6.07) is 2.35. The summed E-state index contributed by atoms with van der Waals surface area (Å²) >= 11 is 0. The molecule has 0 bridgehead atoms. The topological polar surface area (TPSA) is 77.6 Å². The molecular formula is C18H22N6O. The van der Waals surface area contributed by atoms with E-state index in [0.29, 0.717) is 11.5 Å². The van der Waals surface area contributed by atoms with Crippen molar-refractivity contribution in [2.24, 2.45) is 5.92 Å². The van der Waals surface area contributed by atoms with Crippen molar-refractivity contribution < 1.29 is 4.79 Å². The summed E-state index contributed by atoms with van der Waals surface area (Å²) in [7, 11) is 0. The number of amides is 1. The first-order valence-electron chi connectivity index (χ1n) is 8.70. The van der Waals surface area contributed by atoms with Gasteiger partial charge in [0.25, 0.3) is 5.91 Å². The summed E-state index contributed by atoms with van der Waals surface area (Å²) in [6.07, 6.45) is 11.0. The average molecular weight is 338 g/mol. The fourth-order valence-electron chi connectivity index (χ4n) is 3.41. The van der Waals surface area contributed by atoms with Crippen LogP contribution in [0.1, 0.15) is 43.1 Å².